The van der Waals surface area contributed by atoms with Gasteiger partial charge < -0.3 is 9.84 Å². The Bertz CT molecular complexity index is 923. The zero-order valence-corrected chi connectivity index (χ0v) is 15.4. The molecule has 6 nitrogen and oxygen atoms in total. The van der Waals surface area contributed by atoms with Crippen molar-refractivity contribution in [3.63, 3.8) is 0 Å². The predicted octanol–water partition coefficient (Wildman–Crippen LogP) is 4.16. The van der Waals surface area contributed by atoms with Gasteiger partial charge in [0.15, 0.2) is 0 Å². The minimum absolute atomic E-state index is 0.0246. The number of halogens is 1. The van der Waals surface area contributed by atoms with Crippen molar-refractivity contribution in [3.8, 4) is 5.75 Å². The first-order chi connectivity index (χ1) is 12.3. The Morgan fingerprint density at radius 3 is 2.58 bits per heavy atom. The molecule has 138 valence electrons. The molecule has 0 saturated heterocycles. The number of hydrogen-bond acceptors (Lipinski definition) is 4. The molecular formula is C18H18ClNO5S. The number of ether oxygens (including phenoxy) is 1. The second kappa shape index (κ2) is 7.55. The molecule has 8 heteroatoms. The van der Waals surface area contributed by atoms with Crippen molar-refractivity contribution in [1.82, 2.24) is 0 Å². The lowest BCUT2D eigenvalue weighted by Gasteiger charge is -2.14. The highest BCUT2D eigenvalue weighted by molar-refractivity contribution is 7.92. The first kappa shape index (κ1) is 18.5. The third-order valence-corrected chi connectivity index (χ3v) is 5.88. The molecule has 0 radical (unpaired) electrons. The van der Waals surface area contributed by atoms with E-state index in [4.69, 9.17) is 21.4 Å². The van der Waals surface area contributed by atoms with Crippen LogP contribution in [0, 0.1) is 0 Å². The van der Waals surface area contributed by atoms with Crippen LogP contribution in [0.15, 0.2) is 47.4 Å². The molecule has 2 N–H and O–H groups in total. The van der Waals surface area contributed by atoms with Crippen LogP contribution in [0.5, 0.6) is 5.75 Å². The topological polar surface area (TPSA) is 92.7 Å². The smallest absolute Gasteiger partial charge is 0.337 e. The van der Waals surface area contributed by atoms with Gasteiger partial charge in [-0.25, -0.2) is 13.2 Å². The third-order valence-electron chi connectivity index (χ3n) is 4.17. The Morgan fingerprint density at radius 2 is 1.88 bits per heavy atom. The summed E-state index contributed by atoms with van der Waals surface area (Å²) in [6.45, 7) is 0. The summed E-state index contributed by atoms with van der Waals surface area (Å²) in [5, 5.41) is 9.08. The maximum Gasteiger partial charge on any atom is 0.337 e. The van der Waals surface area contributed by atoms with Gasteiger partial charge >= 0.3 is 5.97 Å². The van der Waals surface area contributed by atoms with Crippen LogP contribution in [-0.4, -0.2) is 25.6 Å². The van der Waals surface area contributed by atoms with E-state index in [9.17, 15) is 13.2 Å². The zero-order valence-electron chi connectivity index (χ0n) is 13.8. The standard InChI is InChI=1S/C18H18ClNO5S/c19-17-9-8-15(11-16(17)18(21)22)26(23,24)20-12-4-3-7-14(10-12)25-13-5-1-2-6-13/h3-4,7-11,13,20H,1-2,5-6H2,(H,21,22). The molecule has 0 bridgehead atoms. The molecular weight excluding hydrogens is 378 g/mol. The first-order valence-corrected chi connectivity index (χ1v) is 10.0. The maximum atomic E-state index is 12.6. The molecule has 1 fully saturated rings. The van der Waals surface area contributed by atoms with Crippen molar-refractivity contribution in [2.45, 2.75) is 36.7 Å². The normalized spacial score (nSPS) is 15.0. The Hall–Kier alpha value is -2.25. The molecule has 0 aliphatic heterocycles. The molecule has 0 unspecified atom stereocenters. The van der Waals surface area contributed by atoms with E-state index >= 15 is 0 Å². The molecule has 0 heterocycles. The zero-order chi connectivity index (χ0) is 18.7. The van der Waals surface area contributed by atoms with E-state index in [-0.39, 0.29) is 21.6 Å². The number of carbonyl (C=O) groups is 1. The van der Waals surface area contributed by atoms with Crippen LogP contribution in [0.4, 0.5) is 5.69 Å². The van der Waals surface area contributed by atoms with Crippen LogP contribution in [0.2, 0.25) is 5.02 Å². The van der Waals surface area contributed by atoms with Gasteiger partial charge in [-0.2, -0.15) is 0 Å². The summed E-state index contributed by atoms with van der Waals surface area (Å²) in [6, 6.07) is 10.2. The monoisotopic (exact) mass is 395 g/mol. The van der Waals surface area contributed by atoms with E-state index in [1.807, 2.05) is 0 Å². The molecule has 0 atom stereocenters. The Labute approximate surface area is 156 Å². The number of benzene rings is 2. The van der Waals surface area contributed by atoms with E-state index in [2.05, 4.69) is 4.72 Å². The molecule has 1 saturated carbocycles. The average molecular weight is 396 g/mol. The largest absolute Gasteiger partial charge is 0.490 e. The third kappa shape index (κ3) is 4.28. The molecule has 1 aliphatic carbocycles. The first-order valence-electron chi connectivity index (χ1n) is 8.17. The van der Waals surface area contributed by atoms with Gasteiger partial charge in [0, 0.05) is 6.07 Å². The minimum atomic E-state index is -3.96. The summed E-state index contributed by atoms with van der Waals surface area (Å²) in [5.74, 6) is -0.696. The van der Waals surface area contributed by atoms with Gasteiger partial charge in [-0.05, 0) is 56.0 Å². The Morgan fingerprint density at radius 1 is 1.15 bits per heavy atom. The second-order valence-electron chi connectivity index (χ2n) is 6.10. The van der Waals surface area contributed by atoms with E-state index in [1.54, 1.807) is 24.3 Å². The summed E-state index contributed by atoms with van der Waals surface area (Å²) in [4.78, 5) is 11.0. The van der Waals surface area contributed by atoms with Gasteiger partial charge in [-0.15, -0.1) is 0 Å². The number of aromatic carboxylic acids is 1. The summed E-state index contributed by atoms with van der Waals surface area (Å²) >= 11 is 5.79. The summed E-state index contributed by atoms with van der Waals surface area (Å²) < 4.78 is 33.4. The molecule has 2 aromatic rings. The van der Waals surface area contributed by atoms with Gasteiger partial charge in [-0.3, -0.25) is 4.72 Å². The van der Waals surface area contributed by atoms with E-state index in [0.717, 1.165) is 31.7 Å². The van der Waals surface area contributed by atoms with Crippen molar-refractivity contribution < 1.29 is 23.1 Å². The van der Waals surface area contributed by atoms with E-state index < -0.39 is 16.0 Å². The van der Waals surface area contributed by atoms with Crippen molar-refractivity contribution in [1.29, 1.82) is 0 Å². The van der Waals surface area contributed by atoms with E-state index in [1.165, 1.54) is 12.1 Å². The fourth-order valence-corrected chi connectivity index (χ4v) is 4.15. The van der Waals surface area contributed by atoms with Crippen LogP contribution >= 0.6 is 11.6 Å². The maximum absolute atomic E-state index is 12.6. The Balaban J connectivity index is 1.81. The number of anilines is 1. The van der Waals surface area contributed by atoms with Crippen molar-refractivity contribution >= 4 is 33.3 Å². The lowest BCUT2D eigenvalue weighted by atomic mass is 10.2. The number of rotatable bonds is 6. The number of sulfonamides is 1. The highest BCUT2D eigenvalue weighted by Crippen LogP contribution is 2.27. The average Bonchev–Trinajstić information content (AvgIpc) is 3.07. The Kier molecular flexibility index (Phi) is 5.38. The predicted molar refractivity (Wildman–Crippen MR) is 98.5 cm³/mol. The van der Waals surface area contributed by atoms with Gasteiger partial charge in [0.25, 0.3) is 10.0 Å². The summed E-state index contributed by atoms with van der Waals surface area (Å²) in [5.41, 5.74) is 0.0696. The molecule has 0 amide bonds. The van der Waals surface area contributed by atoms with Crippen molar-refractivity contribution in [2.75, 3.05) is 4.72 Å². The van der Waals surface area contributed by atoms with Gasteiger partial charge in [-0.1, -0.05) is 17.7 Å². The molecule has 26 heavy (non-hydrogen) atoms. The molecule has 0 spiro atoms. The van der Waals surface area contributed by atoms with Crippen LogP contribution in [0.1, 0.15) is 36.0 Å². The summed E-state index contributed by atoms with van der Waals surface area (Å²) in [6.07, 6.45) is 4.44. The lowest BCUT2D eigenvalue weighted by molar-refractivity contribution is 0.0697. The number of carboxylic acid groups (broad SMARTS) is 1. The molecule has 0 aromatic heterocycles. The minimum Gasteiger partial charge on any atom is -0.490 e. The van der Waals surface area contributed by atoms with Gasteiger partial charge in [0.05, 0.1) is 27.3 Å². The summed E-state index contributed by atoms with van der Waals surface area (Å²) in [7, 11) is -3.96. The second-order valence-corrected chi connectivity index (χ2v) is 8.19. The molecule has 3 rings (SSSR count). The number of hydrogen-bond donors (Lipinski definition) is 2. The molecule has 1 aliphatic rings. The highest BCUT2D eigenvalue weighted by atomic mass is 35.5. The van der Waals surface area contributed by atoms with Crippen LogP contribution < -0.4 is 9.46 Å². The molecule has 2 aromatic carbocycles. The number of nitrogens with one attached hydrogen (secondary N) is 1. The number of carboxylic acids is 1. The van der Waals surface area contributed by atoms with Crippen molar-refractivity contribution in [2.24, 2.45) is 0 Å². The lowest BCUT2D eigenvalue weighted by Crippen LogP contribution is -2.14. The fourth-order valence-electron chi connectivity index (χ4n) is 2.88. The van der Waals surface area contributed by atoms with Crippen molar-refractivity contribution in [3.05, 3.63) is 53.1 Å². The van der Waals surface area contributed by atoms with Crippen LogP contribution in [0.25, 0.3) is 0 Å². The fraction of sp³-hybridized carbons (Fsp3) is 0.278. The highest BCUT2D eigenvalue weighted by Gasteiger charge is 2.20. The van der Waals surface area contributed by atoms with Crippen LogP contribution in [-0.2, 0) is 10.0 Å². The van der Waals surface area contributed by atoms with Gasteiger partial charge in [0.1, 0.15) is 5.75 Å². The SMILES string of the molecule is O=C(O)c1cc(S(=O)(=O)Nc2cccc(OC3CCCC3)c2)ccc1Cl. The van der Waals surface area contributed by atoms with E-state index in [0.29, 0.717) is 11.4 Å². The van der Waals surface area contributed by atoms with Gasteiger partial charge in [0.2, 0.25) is 0 Å². The van der Waals surface area contributed by atoms with Crippen LogP contribution in [0.3, 0.4) is 0 Å². The quantitative estimate of drug-likeness (QED) is 0.766.